The molecule has 0 fully saturated rings. The van der Waals surface area contributed by atoms with Crippen LogP contribution in [0.25, 0.3) is 0 Å². The summed E-state index contributed by atoms with van der Waals surface area (Å²) < 4.78 is 0. The predicted octanol–water partition coefficient (Wildman–Crippen LogP) is 2.62. The number of hydrogen-bond donors (Lipinski definition) is 1. The summed E-state index contributed by atoms with van der Waals surface area (Å²) in [6.07, 6.45) is 3.58. The van der Waals surface area contributed by atoms with Crippen LogP contribution in [0.2, 0.25) is 0 Å². The summed E-state index contributed by atoms with van der Waals surface area (Å²) >= 11 is 1.78. The first-order valence-corrected chi connectivity index (χ1v) is 6.12. The predicted molar refractivity (Wildman–Crippen MR) is 66.4 cm³/mol. The second-order valence-corrected chi connectivity index (χ2v) is 4.93. The molecule has 2 rings (SSSR count). The maximum atomic E-state index is 4.62. The standard InChI is InChI=1S/C11H15N3S/c1-8(2)10-7-15-11(14-10)13-9-4-3-5-12-6-9/h3-6,8,10H,7H2,1-2H3,(H,13,14)/t10-/m1/s1. The van der Waals surface area contributed by atoms with Crippen molar-refractivity contribution in [1.29, 1.82) is 0 Å². The molecule has 3 nitrogen and oxygen atoms in total. The van der Waals surface area contributed by atoms with Gasteiger partial charge in [0.25, 0.3) is 0 Å². The van der Waals surface area contributed by atoms with Crippen molar-refractivity contribution >= 4 is 22.6 Å². The van der Waals surface area contributed by atoms with E-state index in [0.29, 0.717) is 12.0 Å². The molecule has 1 aliphatic rings. The number of aliphatic imine (C=N–C) groups is 1. The Kier molecular flexibility index (Phi) is 3.26. The summed E-state index contributed by atoms with van der Waals surface area (Å²) in [7, 11) is 0. The Morgan fingerprint density at radius 2 is 2.40 bits per heavy atom. The Bertz CT molecular complexity index is 348. The van der Waals surface area contributed by atoms with E-state index < -0.39 is 0 Å². The van der Waals surface area contributed by atoms with E-state index in [-0.39, 0.29) is 0 Å². The number of pyridine rings is 1. The molecule has 15 heavy (non-hydrogen) atoms. The number of aromatic nitrogens is 1. The van der Waals surface area contributed by atoms with Gasteiger partial charge in [0.15, 0.2) is 5.17 Å². The quantitative estimate of drug-likeness (QED) is 0.834. The van der Waals surface area contributed by atoms with Gasteiger partial charge in [-0.2, -0.15) is 0 Å². The molecule has 1 aromatic rings. The lowest BCUT2D eigenvalue weighted by Crippen LogP contribution is -2.12. The lowest BCUT2D eigenvalue weighted by Gasteiger charge is -2.07. The minimum atomic E-state index is 0.453. The number of nitrogens with one attached hydrogen (secondary N) is 1. The zero-order chi connectivity index (χ0) is 10.7. The zero-order valence-electron chi connectivity index (χ0n) is 8.97. The molecule has 0 spiro atoms. The van der Waals surface area contributed by atoms with Gasteiger partial charge in [0.05, 0.1) is 17.9 Å². The largest absolute Gasteiger partial charge is 0.334 e. The molecular formula is C11H15N3S. The third-order valence-electron chi connectivity index (χ3n) is 2.36. The highest BCUT2D eigenvalue weighted by Crippen LogP contribution is 2.23. The van der Waals surface area contributed by atoms with Crippen molar-refractivity contribution in [3.05, 3.63) is 24.5 Å². The Balaban J connectivity index is 2.00. The maximum absolute atomic E-state index is 4.62. The van der Waals surface area contributed by atoms with Gasteiger partial charge in [-0.15, -0.1) is 0 Å². The Morgan fingerprint density at radius 1 is 1.53 bits per heavy atom. The van der Waals surface area contributed by atoms with E-state index in [9.17, 15) is 0 Å². The normalized spacial score (nSPS) is 20.5. The molecule has 0 unspecified atom stereocenters. The fraction of sp³-hybridized carbons (Fsp3) is 0.455. The Morgan fingerprint density at radius 3 is 3.00 bits per heavy atom. The summed E-state index contributed by atoms with van der Waals surface area (Å²) in [6, 6.07) is 4.37. The van der Waals surface area contributed by atoms with Gasteiger partial charge in [0.2, 0.25) is 0 Å². The van der Waals surface area contributed by atoms with Crippen LogP contribution in [0.5, 0.6) is 0 Å². The first-order valence-electron chi connectivity index (χ1n) is 5.13. The minimum absolute atomic E-state index is 0.453. The van der Waals surface area contributed by atoms with Crippen molar-refractivity contribution in [2.75, 3.05) is 11.1 Å². The van der Waals surface area contributed by atoms with Crippen LogP contribution in [0.3, 0.4) is 0 Å². The first-order chi connectivity index (χ1) is 7.25. The average molecular weight is 221 g/mol. The van der Waals surface area contributed by atoms with Gasteiger partial charge in [-0.05, 0) is 18.1 Å². The molecule has 80 valence electrons. The summed E-state index contributed by atoms with van der Waals surface area (Å²) in [5, 5.41) is 4.29. The topological polar surface area (TPSA) is 37.3 Å². The van der Waals surface area contributed by atoms with E-state index in [1.807, 2.05) is 18.3 Å². The Hall–Kier alpha value is -1.03. The molecule has 0 aromatic carbocycles. The van der Waals surface area contributed by atoms with E-state index in [0.717, 1.165) is 16.6 Å². The van der Waals surface area contributed by atoms with Crippen molar-refractivity contribution < 1.29 is 0 Å². The highest BCUT2D eigenvalue weighted by Gasteiger charge is 2.20. The SMILES string of the molecule is CC(C)[C@H]1CSC(Nc2cccnc2)=N1. The van der Waals surface area contributed by atoms with Crippen LogP contribution in [0.15, 0.2) is 29.5 Å². The van der Waals surface area contributed by atoms with Crippen molar-refractivity contribution in [2.45, 2.75) is 19.9 Å². The van der Waals surface area contributed by atoms with Gasteiger partial charge in [-0.25, -0.2) is 0 Å². The van der Waals surface area contributed by atoms with Gasteiger partial charge in [-0.3, -0.25) is 9.98 Å². The van der Waals surface area contributed by atoms with E-state index in [1.165, 1.54) is 0 Å². The van der Waals surface area contributed by atoms with Crippen molar-refractivity contribution in [3.63, 3.8) is 0 Å². The third-order valence-corrected chi connectivity index (χ3v) is 3.35. The summed E-state index contributed by atoms with van der Waals surface area (Å²) in [5.41, 5.74) is 1.01. The average Bonchev–Trinajstić information content (AvgIpc) is 2.68. The van der Waals surface area contributed by atoms with E-state index >= 15 is 0 Å². The molecule has 4 heteroatoms. The van der Waals surface area contributed by atoms with Gasteiger partial charge in [0, 0.05) is 11.9 Å². The first kappa shape index (κ1) is 10.5. The molecule has 0 amide bonds. The summed E-state index contributed by atoms with van der Waals surface area (Å²) in [4.78, 5) is 8.68. The second kappa shape index (κ2) is 4.66. The third kappa shape index (κ3) is 2.72. The molecule has 1 aromatic heterocycles. The molecule has 2 heterocycles. The van der Waals surface area contributed by atoms with Crippen LogP contribution in [0.1, 0.15) is 13.8 Å². The maximum Gasteiger partial charge on any atom is 0.161 e. The smallest absolute Gasteiger partial charge is 0.161 e. The molecule has 1 aliphatic heterocycles. The fourth-order valence-electron chi connectivity index (χ4n) is 1.36. The molecule has 1 N–H and O–H groups in total. The summed E-state index contributed by atoms with van der Waals surface area (Å²) in [5.74, 6) is 1.70. The number of hydrogen-bond acceptors (Lipinski definition) is 4. The highest BCUT2D eigenvalue weighted by atomic mass is 32.2. The van der Waals surface area contributed by atoms with Gasteiger partial charge >= 0.3 is 0 Å². The van der Waals surface area contributed by atoms with Crippen molar-refractivity contribution in [3.8, 4) is 0 Å². The van der Waals surface area contributed by atoms with Crippen LogP contribution in [0, 0.1) is 5.92 Å². The van der Waals surface area contributed by atoms with Gasteiger partial charge in [-0.1, -0.05) is 25.6 Å². The lowest BCUT2D eigenvalue weighted by molar-refractivity contribution is 0.543. The number of anilines is 1. The molecule has 0 saturated carbocycles. The van der Waals surface area contributed by atoms with Crippen LogP contribution in [0.4, 0.5) is 5.69 Å². The second-order valence-electron chi connectivity index (χ2n) is 3.92. The van der Waals surface area contributed by atoms with E-state index in [2.05, 4.69) is 29.1 Å². The lowest BCUT2D eigenvalue weighted by atomic mass is 10.1. The molecule has 0 aliphatic carbocycles. The molecular weight excluding hydrogens is 206 g/mol. The van der Waals surface area contributed by atoms with Crippen LogP contribution in [-0.2, 0) is 0 Å². The van der Waals surface area contributed by atoms with Crippen LogP contribution in [-0.4, -0.2) is 21.9 Å². The van der Waals surface area contributed by atoms with Crippen molar-refractivity contribution in [2.24, 2.45) is 10.9 Å². The van der Waals surface area contributed by atoms with Crippen LogP contribution < -0.4 is 5.32 Å². The molecule has 1 atom stereocenters. The van der Waals surface area contributed by atoms with Crippen molar-refractivity contribution in [1.82, 2.24) is 4.98 Å². The van der Waals surface area contributed by atoms with Crippen LogP contribution >= 0.6 is 11.8 Å². The fourth-order valence-corrected chi connectivity index (χ4v) is 2.55. The van der Waals surface area contributed by atoms with Gasteiger partial charge < -0.3 is 5.32 Å². The van der Waals surface area contributed by atoms with E-state index in [4.69, 9.17) is 0 Å². The number of amidine groups is 1. The minimum Gasteiger partial charge on any atom is -0.334 e. The number of thioether (sulfide) groups is 1. The summed E-state index contributed by atoms with van der Waals surface area (Å²) in [6.45, 7) is 4.42. The molecule has 0 bridgehead atoms. The Labute approximate surface area is 94.4 Å². The highest BCUT2D eigenvalue weighted by molar-refractivity contribution is 8.14. The zero-order valence-corrected chi connectivity index (χ0v) is 9.79. The number of nitrogens with zero attached hydrogens (tertiary/aromatic N) is 2. The molecule has 0 radical (unpaired) electrons. The van der Waals surface area contributed by atoms with E-state index in [1.54, 1.807) is 18.0 Å². The molecule has 0 saturated heterocycles. The monoisotopic (exact) mass is 221 g/mol. The number of rotatable bonds is 2. The van der Waals surface area contributed by atoms with Gasteiger partial charge in [0.1, 0.15) is 0 Å².